The number of rotatable bonds is 4. The second-order valence-corrected chi connectivity index (χ2v) is 8.09. The van der Waals surface area contributed by atoms with Crippen LogP contribution in [0, 0.1) is 13.8 Å². The molecule has 1 saturated heterocycles. The summed E-state index contributed by atoms with van der Waals surface area (Å²) in [5.41, 5.74) is 12.6. The van der Waals surface area contributed by atoms with Crippen molar-refractivity contribution >= 4 is 33.9 Å². The highest BCUT2D eigenvalue weighted by Crippen LogP contribution is 2.31. The van der Waals surface area contributed by atoms with Crippen molar-refractivity contribution < 1.29 is 9.53 Å². The number of hydrogen-bond donors (Lipinski definition) is 2. The molecule has 1 aliphatic rings. The Morgan fingerprint density at radius 3 is 2.65 bits per heavy atom. The Kier molecular flexibility index (Phi) is 4.82. The van der Waals surface area contributed by atoms with Crippen LogP contribution >= 0.6 is 0 Å². The Hall–Kier alpha value is -3.45. The summed E-state index contributed by atoms with van der Waals surface area (Å²) in [6.07, 6.45) is 2.02. The molecule has 5 rings (SSSR count). The van der Waals surface area contributed by atoms with Gasteiger partial charge in [0.15, 0.2) is 5.65 Å². The first-order chi connectivity index (χ1) is 15.0. The molecule has 2 aromatic carbocycles. The van der Waals surface area contributed by atoms with Gasteiger partial charge in [0.2, 0.25) is 0 Å². The van der Waals surface area contributed by atoms with Crippen LogP contribution in [0.15, 0.2) is 42.5 Å². The van der Waals surface area contributed by atoms with E-state index in [9.17, 15) is 4.79 Å². The average molecular weight is 415 g/mol. The summed E-state index contributed by atoms with van der Waals surface area (Å²) in [6.45, 7) is 5.31. The van der Waals surface area contributed by atoms with Crippen LogP contribution in [0.3, 0.4) is 0 Å². The number of ether oxygens (including phenoxy) is 1. The van der Waals surface area contributed by atoms with Crippen molar-refractivity contribution in [1.29, 1.82) is 0 Å². The first kappa shape index (κ1) is 19.5. The summed E-state index contributed by atoms with van der Waals surface area (Å²) in [7, 11) is 0. The van der Waals surface area contributed by atoms with E-state index in [-0.39, 0.29) is 12.0 Å². The zero-order chi connectivity index (χ0) is 21.5. The lowest BCUT2D eigenvalue weighted by atomic mass is 10.1. The molecule has 158 valence electrons. The van der Waals surface area contributed by atoms with Crippen molar-refractivity contribution in [2.45, 2.75) is 32.8 Å². The maximum atomic E-state index is 13.2. The molecule has 4 aromatic rings. The number of aryl methyl sites for hydroxylation is 2. The molecule has 0 saturated carbocycles. The van der Waals surface area contributed by atoms with E-state index < -0.39 is 0 Å². The predicted octanol–water partition coefficient (Wildman–Crippen LogP) is 3.68. The van der Waals surface area contributed by atoms with Crippen molar-refractivity contribution in [1.82, 2.24) is 19.9 Å². The number of benzene rings is 2. The molecular weight excluding hydrogens is 390 g/mol. The molecule has 0 bridgehead atoms. The molecule has 0 spiro atoms. The lowest BCUT2D eigenvalue weighted by molar-refractivity contribution is 0.0859. The summed E-state index contributed by atoms with van der Waals surface area (Å²) in [6, 6.07) is 13.7. The third-order valence-corrected chi connectivity index (χ3v) is 5.99. The Balaban J connectivity index is 1.68. The van der Waals surface area contributed by atoms with Gasteiger partial charge in [-0.3, -0.25) is 9.36 Å². The van der Waals surface area contributed by atoms with Crippen LogP contribution in [0.5, 0.6) is 0 Å². The van der Waals surface area contributed by atoms with Crippen molar-refractivity contribution in [3.05, 3.63) is 59.2 Å². The Morgan fingerprint density at radius 2 is 1.94 bits per heavy atom. The Bertz CT molecular complexity index is 1300. The van der Waals surface area contributed by atoms with Crippen molar-refractivity contribution in [3.8, 4) is 5.69 Å². The molecule has 1 aliphatic heterocycles. The summed E-state index contributed by atoms with van der Waals surface area (Å²) in [4.78, 5) is 22.8. The smallest absolute Gasteiger partial charge is 0.257 e. The molecule has 0 unspecified atom stereocenters. The number of nitrogen functional groups attached to an aromatic ring is 1. The molecule has 3 N–H and O–H groups in total. The maximum absolute atomic E-state index is 13.2. The highest BCUT2D eigenvalue weighted by Gasteiger charge is 2.26. The minimum Gasteiger partial charge on any atom is -0.384 e. The van der Waals surface area contributed by atoms with Crippen LogP contribution in [-0.4, -0.2) is 39.7 Å². The number of para-hydroxylation sites is 2. The van der Waals surface area contributed by atoms with Crippen LogP contribution < -0.4 is 11.1 Å². The molecule has 3 heterocycles. The van der Waals surface area contributed by atoms with Crippen LogP contribution in [-0.2, 0) is 4.74 Å². The topological polar surface area (TPSA) is 95.1 Å². The van der Waals surface area contributed by atoms with Gasteiger partial charge in [-0.25, -0.2) is 9.97 Å². The molecule has 7 nitrogen and oxygen atoms in total. The Labute approximate surface area is 180 Å². The van der Waals surface area contributed by atoms with Crippen LogP contribution in [0.25, 0.3) is 27.9 Å². The highest BCUT2D eigenvalue weighted by atomic mass is 16.5. The standard InChI is InChI=1S/C24H25N5O2/c1-14-9-10-16(12-15(14)2)29-22(25)20(24(30)26-13-17-6-5-11-31-17)21-23(29)28-19-8-4-3-7-18(19)27-21/h3-4,7-10,12,17H,5-6,11,13,25H2,1-2H3,(H,26,30)/t17-/m0/s1. The van der Waals surface area contributed by atoms with Gasteiger partial charge in [-0.1, -0.05) is 18.2 Å². The van der Waals surface area contributed by atoms with Crippen molar-refractivity contribution in [2.75, 3.05) is 18.9 Å². The number of hydrogen-bond acceptors (Lipinski definition) is 5. The molecule has 0 aliphatic carbocycles. The van der Waals surface area contributed by atoms with Gasteiger partial charge in [0, 0.05) is 18.8 Å². The van der Waals surface area contributed by atoms with Gasteiger partial charge < -0.3 is 15.8 Å². The molecule has 31 heavy (non-hydrogen) atoms. The molecule has 0 radical (unpaired) electrons. The molecule has 2 aromatic heterocycles. The van der Waals surface area contributed by atoms with Crippen LogP contribution in [0.2, 0.25) is 0 Å². The SMILES string of the molecule is Cc1ccc(-n2c(N)c(C(=O)NC[C@@H]3CCCO3)c3nc4ccccc4nc32)cc1C. The number of nitrogens with zero attached hydrogens (tertiary/aromatic N) is 3. The minimum absolute atomic E-state index is 0.0465. The number of amides is 1. The highest BCUT2D eigenvalue weighted by molar-refractivity contribution is 6.11. The fourth-order valence-electron chi connectivity index (χ4n) is 4.11. The van der Waals surface area contributed by atoms with Gasteiger partial charge >= 0.3 is 0 Å². The number of aromatic nitrogens is 3. The van der Waals surface area contributed by atoms with E-state index in [1.54, 1.807) is 0 Å². The first-order valence-electron chi connectivity index (χ1n) is 10.6. The average Bonchev–Trinajstić information content (AvgIpc) is 3.38. The van der Waals surface area contributed by atoms with Gasteiger partial charge in [-0.05, 0) is 62.1 Å². The number of fused-ring (bicyclic) bond motifs is 2. The predicted molar refractivity (Wildman–Crippen MR) is 122 cm³/mol. The molecular formula is C24H25N5O2. The van der Waals surface area contributed by atoms with Gasteiger partial charge in [-0.15, -0.1) is 0 Å². The monoisotopic (exact) mass is 415 g/mol. The fraction of sp³-hybridized carbons (Fsp3) is 0.292. The quantitative estimate of drug-likeness (QED) is 0.530. The van der Waals surface area contributed by atoms with Gasteiger partial charge in [0.05, 0.1) is 17.1 Å². The maximum Gasteiger partial charge on any atom is 0.257 e. The summed E-state index contributed by atoms with van der Waals surface area (Å²) in [5, 5.41) is 2.98. The van der Waals surface area contributed by atoms with Crippen LogP contribution in [0.1, 0.15) is 34.3 Å². The largest absolute Gasteiger partial charge is 0.384 e. The Morgan fingerprint density at radius 1 is 1.16 bits per heavy atom. The fourth-order valence-corrected chi connectivity index (χ4v) is 4.11. The number of nitrogens with two attached hydrogens (primary N) is 1. The van der Waals surface area contributed by atoms with Gasteiger partial charge in [-0.2, -0.15) is 0 Å². The zero-order valence-electron chi connectivity index (χ0n) is 17.7. The first-order valence-corrected chi connectivity index (χ1v) is 10.6. The molecule has 1 atom stereocenters. The lowest BCUT2D eigenvalue weighted by Gasteiger charge is -2.12. The van der Waals surface area contributed by atoms with E-state index >= 15 is 0 Å². The van der Waals surface area contributed by atoms with E-state index in [1.807, 2.05) is 41.0 Å². The molecule has 1 amide bonds. The number of carbonyl (C=O) groups is 1. The summed E-state index contributed by atoms with van der Waals surface area (Å²) in [5.74, 6) is 0.0727. The zero-order valence-corrected chi connectivity index (χ0v) is 17.7. The lowest BCUT2D eigenvalue weighted by Crippen LogP contribution is -2.32. The normalized spacial score (nSPS) is 16.3. The summed E-state index contributed by atoms with van der Waals surface area (Å²) >= 11 is 0. The molecule has 1 fully saturated rings. The van der Waals surface area contributed by atoms with E-state index in [0.29, 0.717) is 29.1 Å². The number of anilines is 1. The van der Waals surface area contributed by atoms with E-state index in [1.165, 1.54) is 5.56 Å². The van der Waals surface area contributed by atoms with E-state index in [0.717, 1.165) is 41.7 Å². The minimum atomic E-state index is -0.259. The van der Waals surface area contributed by atoms with Gasteiger partial charge in [0.1, 0.15) is 16.9 Å². The second-order valence-electron chi connectivity index (χ2n) is 8.09. The third-order valence-electron chi connectivity index (χ3n) is 5.99. The second kappa shape index (κ2) is 7.67. The van der Waals surface area contributed by atoms with Crippen LogP contribution in [0.4, 0.5) is 5.82 Å². The summed E-state index contributed by atoms with van der Waals surface area (Å²) < 4.78 is 7.46. The van der Waals surface area contributed by atoms with E-state index in [4.69, 9.17) is 20.4 Å². The molecule has 7 heteroatoms. The number of nitrogens with one attached hydrogen (secondary N) is 1. The third kappa shape index (κ3) is 3.41. The van der Waals surface area contributed by atoms with Gasteiger partial charge in [0.25, 0.3) is 5.91 Å². The van der Waals surface area contributed by atoms with E-state index in [2.05, 4.69) is 25.2 Å². The number of carbonyl (C=O) groups excluding carboxylic acids is 1. The van der Waals surface area contributed by atoms with Crippen molar-refractivity contribution in [2.24, 2.45) is 0 Å². The van der Waals surface area contributed by atoms with Crippen molar-refractivity contribution in [3.63, 3.8) is 0 Å².